The number of carbonyl (C=O) groups is 1. The molecule has 1 aromatic rings. The van der Waals surface area contributed by atoms with Gasteiger partial charge in [0.2, 0.25) is 0 Å². The lowest BCUT2D eigenvalue weighted by molar-refractivity contribution is 0.0972. The van der Waals surface area contributed by atoms with Crippen LogP contribution in [0.5, 0.6) is 0 Å². The molecule has 1 saturated heterocycles. The van der Waals surface area contributed by atoms with Gasteiger partial charge < -0.3 is 27.8 Å². The van der Waals surface area contributed by atoms with E-state index in [1.54, 1.807) is 0 Å². The molecule has 1 aliphatic rings. The fraction of sp³-hybridized carbons (Fsp3) is 0.684. The van der Waals surface area contributed by atoms with Gasteiger partial charge in [0, 0.05) is 12.6 Å². The molecule has 1 unspecified atom stereocenters. The van der Waals surface area contributed by atoms with Crippen molar-refractivity contribution in [3.05, 3.63) is 10.8 Å². The predicted molar refractivity (Wildman–Crippen MR) is 121 cm³/mol. The highest BCUT2D eigenvalue weighted by atomic mass is 35.5. The fourth-order valence-corrected chi connectivity index (χ4v) is 3.77. The summed E-state index contributed by atoms with van der Waals surface area (Å²) in [5, 5.41) is 2.34. The van der Waals surface area contributed by atoms with Crippen LogP contribution in [-0.2, 0) is 0 Å². The second-order valence-corrected chi connectivity index (χ2v) is 8.05. The van der Waals surface area contributed by atoms with E-state index >= 15 is 0 Å². The summed E-state index contributed by atoms with van der Waals surface area (Å²) in [6.07, 6.45) is 6.52. The Balaban J connectivity index is 1.66. The second kappa shape index (κ2) is 11.9. The normalized spacial score (nSPS) is 17.1. The van der Waals surface area contributed by atoms with Crippen LogP contribution < -0.4 is 28.3 Å². The van der Waals surface area contributed by atoms with Crippen molar-refractivity contribution < 1.29 is 4.79 Å². The topological polar surface area (TPSA) is 175 Å². The van der Waals surface area contributed by atoms with E-state index in [2.05, 4.69) is 32.1 Å². The molecule has 11 heteroatoms. The van der Waals surface area contributed by atoms with Crippen molar-refractivity contribution >= 4 is 35.1 Å². The van der Waals surface area contributed by atoms with Gasteiger partial charge in [-0.25, -0.2) is 9.97 Å². The van der Waals surface area contributed by atoms with Crippen molar-refractivity contribution in [1.29, 1.82) is 0 Å². The molecular weight excluding hydrogens is 406 g/mol. The van der Waals surface area contributed by atoms with Gasteiger partial charge in [0.1, 0.15) is 0 Å². The maximum atomic E-state index is 12.2. The van der Waals surface area contributed by atoms with E-state index in [0.29, 0.717) is 18.5 Å². The average Bonchev–Trinajstić information content (AvgIpc) is 2.71. The molecule has 0 aromatic carbocycles. The fourth-order valence-electron chi connectivity index (χ4n) is 3.64. The van der Waals surface area contributed by atoms with Gasteiger partial charge in [-0.2, -0.15) is 0 Å². The quantitative estimate of drug-likeness (QED) is 0.214. The van der Waals surface area contributed by atoms with E-state index in [1.165, 1.54) is 12.8 Å². The molecule has 0 bridgehead atoms. The largest absolute Gasteiger partial charge is 0.382 e. The van der Waals surface area contributed by atoms with Crippen molar-refractivity contribution in [2.75, 3.05) is 37.6 Å². The molecular formula is C19H34ClN9O. The number of aromatic nitrogens is 2. The molecule has 1 aliphatic heterocycles. The van der Waals surface area contributed by atoms with E-state index in [4.69, 9.17) is 34.5 Å². The Bertz CT molecular complexity index is 735. The lowest BCUT2D eigenvalue weighted by atomic mass is 9.87. The standard InChI is InChI=1S/C19H34ClN9O/c1-2-5-13(21)12-6-10-29(11-7-12)9-4-3-8-25-19(24)28-18(30)14-16(22)27-17(23)15(20)26-14/h12-13H,2-11,21H2,1H3,(H4,22,23,27)(H3,24,25,28,30). The van der Waals surface area contributed by atoms with Gasteiger partial charge in [-0.05, 0) is 57.7 Å². The monoisotopic (exact) mass is 439 g/mol. The van der Waals surface area contributed by atoms with Gasteiger partial charge in [-0.15, -0.1) is 0 Å². The number of aliphatic imine (C=N–C) groups is 1. The molecule has 0 aliphatic carbocycles. The number of amides is 1. The van der Waals surface area contributed by atoms with Gasteiger partial charge in [0.25, 0.3) is 5.91 Å². The molecule has 30 heavy (non-hydrogen) atoms. The van der Waals surface area contributed by atoms with Crippen LogP contribution in [0.15, 0.2) is 4.99 Å². The molecule has 9 N–H and O–H groups in total. The highest BCUT2D eigenvalue weighted by Gasteiger charge is 2.23. The number of guanidine groups is 1. The molecule has 0 radical (unpaired) electrons. The zero-order valence-corrected chi connectivity index (χ0v) is 18.4. The first-order valence-electron chi connectivity index (χ1n) is 10.5. The molecule has 0 saturated carbocycles. The third-order valence-electron chi connectivity index (χ3n) is 5.39. The van der Waals surface area contributed by atoms with Crippen LogP contribution in [0.3, 0.4) is 0 Å². The molecule has 1 amide bonds. The number of nitrogens with zero attached hydrogens (tertiary/aromatic N) is 4. The second-order valence-electron chi connectivity index (χ2n) is 7.69. The molecule has 1 fully saturated rings. The van der Waals surface area contributed by atoms with Gasteiger partial charge in [0.15, 0.2) is 28.4 Å². The van der Waals surface area contributed by atoms with Crippen molar-refractivity contribution in [1.82, 2.24) is 20.2 Å². The van der Waals surface area contributed by atoms with E-state index in [9.17, 15) is 4.79 Å². The number of anilines is 2. The SMILES string of the molecule is CCCC(N)C1CCN(CCCCN=C(N)NC(=O)c2nc(Cl)c(N)nc2N)CC1. The van der Waals surface area contributed by atoms with Crippen LogP contribution in [0.25, 0.3) is 0 Å². The summed E-state index contributed by atoms with van der Waals surface area (Å²) in [5.41, 5.74) is 23.0. The Morgan fingerprint density at radius 3 is 2.63 bits per heavy atom. The summed E-state index contributed by atoms with van der Waals surface area (Å²) in [7, 11) is 0. The zero-order valence-electron chi connectivity index (χ0n) is 17.6. The number of nitrogen functional groups attached to an aromatic ring is 2. The van der Waals surface area contributed by atoms with Crippen LogP contribution in [0.1, 0.15) is 55.9 Å². The number of carbonyl (C=O) groups excluding carboxylic acids is 1. The van der Waals surface area contributed by atoms with E-state index in [-0.39, 0.29) is 28.4 Å². The minimum absolute atomic E-state index is 0.000117. The number of likely N-dealkylation sites (tertiary alicyclic amines) is 1. The molecule has 0 spiro atoms. The first kappa shape index (κ1) is 24.1. The number of hydrogen-bond donors (Lipinski definition) is 5. The first-order valence-corrected chi connectivity index (χ1v) is 10.9. The Hall–Kier alpha value is -2.17. The van der Waals surface area contributed by atoms with Crippen molar-refractivity contribution in [3.8, 4) is 0 Å². The number of nitrogens with two attached hydrogens (primary N) is 4. The van der Waals surface area contributed by atoms with Crippen LogP contribution >= 0.6 is 11.6 Å². The Morgan fingerprint density at radius 2 is 1.97 bits per heavy atom. The molecule has 1 atom stereocenters. The summed E-state index contributed by atoms with van der Waals surface area (Å²) in [6, 6.07) is 0.343. The predicted octanol–water partition coefficient (Wildman–Crippen LogP) is 0.959. The average molecular weight is 440 g/mol. The van der Waals surface area contributed by atoms with E-state index in [1.807, 2.05) is 0 Å². The van der Waals surface area contributed by atoms with E-state index in [0.717, 1.165) is 45.3 Å². The number of nitrogens with one attached hydrogen (secondary N) is 1. The van der Waals surface area contributed by atoms with Crippen LogP contribution in [0.2, 0.25) is 5.15 Å². The molecule has 2 rings (SSSR count). The first-order chi connectivity index (χ1) is 14.3. The highest BCUT2D eigenvalue weighted by Crippen LogP contribution is 2.22. The summed E-state index contributed by atoms with van der Waals surface area (Å²) >= 11 is 5.78. The number of rotatable bonds is 9. The van der Waals surface area contributed by atoms with Crippen molar-refractivity contribution in [3.63, 3.8) is 0 Å². The Kier molecular flexibility index (Phi) is 9.54. The van der Waals surface area contributed by atoms with Crippen LogP contribution in [-0.4, -0.2) is 59.0 Å². The lowest BCUT2D eigenvalue weighted by Gasteiger charge is -2.34. The summed E-state index contributed by atoms with van der Waals surface area (Å²) in [5.74, 6) is -0.141. The minimum Gasteiger partial charge on any atom is -0.382 e. The maximum absolute atomic E-state index is 12.2. The lowest BCUT2D eigenvalue weighted by Crippen LogP contribution is -2.41. The van der Waals surface area contributed by atoms with Crippen LogP contribution in [0.4, 0.5) is 11.6 Å². The molecule has 2 heterocycles. The Labute approximate surface area is 182 Å². The Morgan fingerprint density at radius 1 is 1.27 bits per heavy atom. The van der Waals surface area contributed by atoms with Gasteiger partial charge in [-0.3, -0.25) is 15.1 Å². The van der Waals surface area contributed by atoms with Crippen molar-refractivity contribution in [2.24, 2.45) is 22.4 Å². The number of hydrogen-bond acceptors (Lipinski definition) is 8. The minimum atomic E-state index is -0.632. The van der Waals surface area contributed by atoms with E-state index < -0.39 is 5.91 Å². The number of piperidine rings is 1. The third kappa shape index (κ3) is 7.26. The maximum Gasteiger partial charge on any atom is 0.280 e. The zero-order chi connectivity index (χ0) is 22.1. The summed E-state index contributed by atoms with van der Waals surface area (Å²) < 4.78 is 0. The van der Waals surface area contributed by atoms with Crippen molar-refractivity contribution in [2.45, 2.75) is 51.5 Å². The number of halogens is 1. The molecule has 10 nitrogen and oxygen atoms in total. The molecule has 1 aromatic heterocycles. The summed E-state index contributed by atoms with van der Waals surface area (Å²) in [4.78, 5) is 26.4. The summed E-state index contributed by atoms with van der Waals surface area (Å²) in [6.45, 7) is 5.96. The highest BCUT2D eigenvalue weighted by molar-refractivity contribution is 6.31. The van der Waals surface area contributed by atoms with Gasteiger partial charge in [0.05, 0.1) is 0 Å². The smallest absolute Gasteiger partial charge is 0.280 e. The van der Waals surface area contributed by atoms with Crippen LogP contribution in [0, 0.1) is 5.92 Å². The molecule has 168 valence electrons. The third-order valence-corrected chi connectivity index (χ3v) is 5.66. The van der Waals surface area contributed by atoms with Gasteiger partial charge >= 0.3 is 0 Å². The van der Waals surface area contributed by atoms with Gasteiger partial charge in [-0.1, -0.05) is 24.9 Å². The number of unbranched alkanes of at least 4 members (excludes halogenated alkanes) is 1.